The Balaban J connectivity index is 2.47. The maximum absolute atomic E-state index is 8.41. The van der Waals surface area contributed by atoms with E-state index in [1.54, 1.807) is 0 Å². The lowest BCUT2D eigenvalue weighted by Gasteiger charge is -2.06. The second-order valence-corrected chi connectivity index (χ2v) is 3.45. The number of aromatic nitrogens is 1. The summed E-state index contributed by atoms with van der Waals surface area (Å²) in [5.74, 6) is 0. The molecule has 1 N–H and O–H groups in total. The third-order valence-corrected chi connectivity index (χ3v) is 2.41. The summed E-state index contributed by atoms with van der Waals surface area (Å²) < 4.78 is 2.14. The molecule has 0 saturated heterocycles. The first-order valence-electron chi connectivity index (χ1n) is 4.98. The second kappa shape index (κ2) is 5.46. The van der Waals surface area contributed by atoms with Crippen molar-refractivity contribution in [2.45, 2.75) is 32.4 Å². The van der Waals surface area contributed by atoms with E-state index in [9.17, 15) is 0 Å². The van der Waals surface area contributed by atoms with Gasteiger partial charge in [0.1, 0.15) is 0 Å². The van der Waals surface area contributed by atoms with Gasteiger partial charge in [-0.15, -0.1) is 0 Å². The number of rotatable bonds is 5. The zero-order valence-electron chi connectivity index (χ0n) is 8.83. The maximum atomic E-state index is 8.41. The Morgan fingerprint density at radius 3 is 3.07 bits per heavy atom. The second-order valence-electron chi connectivity index (χ2n) is 3.45. The first-order valence-corrected chi connectivity index (χ1v) is 4.98. The number of aryl methyl sites for hydroxylation is 1. The van der Waals surface area contributed by atoms with Crippen LogP contribution in [0.25, 0.3) is 0 Å². The summed E-state index contributed by atoms with van der Waals surface area (Å²) in [4.78, 5) is 0. The summed E-state index contributed by atoms with van der Waals surface area (Å²) in [6.45, 7) is 3.07. The smallest absolute Gasteiger partial charge is 0.0622 e. The minimum absolute atomic E-state index is 0.396. The van der Waals surface area contributed by atoms with Gasteiger partial charge in [-0.3, -0.25) is 0 Å². The lowest BCUT2D eigenvalue weighted by Crippen LogP contribution is -2.11. The minimum Gasteiger partial charge on any atom is -0.354 e. The van der Waals surface area contributed by atoms with Gasteiger partial charge in [0.2, 0.25) is 0 Å². The summed E-state index contributed by atoms with van der Waals surface area (Å²) in [6.07, 6.45) is 5.77. The molecule has 0 aliphatic rings. The maximum Gasteiger partial charge on any atom is 0.0622 e. The Kier molecular flexibility index (Phi) is 4.21. The van der Waals surface area contributed by atoms with Crippen molar-refractivity contribution in [3.63, 3.8) is 0 Å². The van der Waals surface area contributed by atoms with Gasteiger partial charge in [0.25, 0.3) is 0 Å². The average Bonchev–Trinajstić information content (AvgIpc) is 2.66. The molecule has 3 nitrogen and oxygen atoms in total. The largest absolute Gasteiger partial charge is 0.354 e. The van der Waals surface area contributed by atoms with Crippen LogP contribution in [0.4, 0.5) is 0 Å². The van der Waals surface area contributed by atoms with E-state index < -0.39 is 0 Å². The molecule has 1 unspecified atom stereocenters. The molecule has 0 amide bonds. The lowest BCUT2D eigenvalue weighted by atomic mass is 10.2. The van der Waals surface area contributed by atoms with Gasteiger partial charge in [-0.05, 0) is 32.0 Å². The van der Waals surface area contributed by atoms with E-state index in [2.05, 4.69) is 41.3 Å². The van der Waals surface area contributed by atoms with Crippen LogP contribution in [0.15, 0.2) is 18.5 Å². The quantitative estimate of drug-likeness (QED) is 0.724. The van der Waals surface area contributed by atoms with E-state index >= 15 is 0 Å². The van der Waals surface area contributed by atoms with E-state index in [-0.39, 0.29) is 0 Å². The molecule has 14 heavy (non-hydrogen) atoms. The Morgan fingerprint density at radius 2 is 2.43 bits per heavy atom. The number of unbranched alkanes of at least 4 members (excludes halogenated alkanes) is 1. The van der Waals surface area contributed by atoms with Crippen LogP contribution < -0.4 is 5.32 Å². The molecule has 1 atom stereocenters. The van der Waals surface area contributed by atoms with Crippen LogP contribution in [0.1, 0.15) is 31.4 Å². The highest BCUT2D eigenvalue weighted by Gasteiger charge is 2.03. The predicted molar refractivity (Wildman–Crippen MR) is 56.8 cm³/mol. The third-order valence-electron chi connectivity index (χ3n) is 2.41. The zero-order chi connectivity index (χ0) is 10.4. The third kappa shape index (κ3) is 2.90. The number of nitrogens with one attached hydrogen (secondary N) is 1. The molecule has 0 saturated carbocycles. The standard InChI is InChI=1S/C11H17N3/c1-10(13-2)11-5-8-14(9-11)7-4-3-6-12/h5,8-10,13H,3-4,7H2,1-2H3. The van der Waals surface area contributed by atoms with Crippen LogP contribution >= 0.6 is 0 Å². The monoisotopic (exact) mass is 191 g/mol. The van der Waals surface area contributed by atoms with E-state index in [1.807, 2.05) is 7.05 Å². The summed E-state index contributed by atoms with van der Waals surface area (Å²) in [7, 11) is 1.96. The van der Waals surface area contributed by atoms with E-state index in [0.717, 1.165) is 13.0 Å². The first-order chi connectivity index (χ1) is 6.77. The molecule has 0 aliphatic heterocycles. The van der Waals surface area contributed by atoms with Gasteiger partial charge < -0.3 is 9.88 Å². The molecule has 1 rings (SSSR count). The van der Waals surface area contributed by atoms with Crippen LogP contribution in [0, 0.1) is 11.3 Å². The molecular formula is C11H17N3. The van der Waals surface area contributed by atoms with Crippen molar-refractivity contribution in [2.75, 3.05) is 7.05 Å². The topological polar surface area (TPSA) is 40.8 Å². The molecule has 3 heteroatoms. The van der Waals surface area contributed by atoms with Gasteiger partial charge in [-0.2, -0.15) is 5.26 Å². The van der Waals surface area contributed by atoms with E-state index in [4.69, 9.17) is 5.26 Å². The normalized spacial score (nSPS) is 12.4. The SMILES string of the molecule is CNC(C)c1ccn(CCCC#N)c1. The molecule has 0 spiro atoms. The summed E-state index contributed by atoms with van der Waals surface area (Å²) in [6, 6.07) is 4.67. The Hall–Kier alpha value is -1.27. The Morgan fingerprint density at radius 1 is 1.64 bits per heavy atom. The van der Waals surface area contributed by atoms with Gasteiger partial charge in [0, 0.05) is 31.4 Å². The molecule has 76 valence electrons. The molecule has 0 aromatic carbocycles. The molecule has 1 aromatic rings. The molecule has 0 aliphatic carbocycles. The summed E-state index contributed by atoms with van der Waals surface area (Å²) in [5, 5.41) is 11.6. The average molecular weight is 191 g/mol. The van der Waals surface area contributed by atoms with Crippen molar-refractivity contribution in [1.29, 1.82) is 5.26 Å². The number of nitrogens with zero attached hydrogens (tertiary/aromatic N) is 2. The molecule has 0 bridgehead atoms. The van der Waals surface area contributed by atoms with Gasteiger partial charge in [-0.1, -0.05) is 0 Å². The van der Waals surface area contributed by atoms with Crippen molar-refractivity contribution >= 4 is 0 Å². The number of hydrogen-bond acceptors (Lipinski definition) is 2. The van der Waals surface area contributed by atoms with Crippen molar-refractivity contribution in [3.8, 4) is 6.07 Å². The number of hydrogen-bond donors (Lipinski definition) is 1. The molecule has 1 aromatic heterocycles. The van der Waals surface area contributed by atoms with Crippen LogP contribution in [0.3, 0.4) is 0 Å². The van der Waals surface area contributed by atoms with Crippen molar-refractivity contribution < 1.29 is 0 Å². The van der Waals surface area contributed by atoms with Crippen molar-refractivity contribution in [1.82, 2.24) is 9.88 Å². The highest BCUT2D eigenvalue weighted by molar-refractivity contribution is 5.14. The number of nitriles is 1. The fourth-order valence-corrected chi connectivity index (χ4v) is 1.36. The van der Waals surface area contributed by atoms with Crippen LogP contribution in [0.2, 0.25) is 0 Å². The van der Waals surface area contributed by atoms with Crippen LogP contribution in [-0.2, 0) is 6.54 Å². The summed E-state index contributed by atoms with van der Waals surface area (Å²) in [5.41, 5.74) is 1.30. The molecular weight excluding hydrogens is 174 g/mol. The molecule has 1 heterocycles. The highest BCUT2D eigenvalue weighted by Crippen LogP contribution is 2.12. The minimum atomic E-state index is 0.396. The Labute approximate surface area is 85.3 Å². The lowest BCUT2D eigenvalue weighted by molar-refractivity contribution is 0.632. The summed E-state index contributed by atoms with van der Waals surface area (Å²) >= 11 is 0. The van der Waals surface area contributed by atoms with Crippen molar-refractivity contribution in [3.05, 3.63) is 24.0 Å². The van der Waals surface area contributed by atoms with E-state index in [0.29, 0.717) is 12.5 Å². The van der Waals surface area contributed by atoms with Gasteiger partial charge in [0.05, 0.1) is 6.07 Å². The van der Waals surface area contributed by atoms with Gasteiger partial charge in [-0.25, -0.2) is 0 Å². The van der Waals surface area contributed by atoms with Crippen LogP contribution in [0.5, 0.6) is 0 Å². The van der Waals surface area contributed by atoms with Crippen LogP contribution in [-0.4, -0.2) is 11.6 Å². The van der Waals surface area contributed by atoms with Crippen molar-refractivity contribution in [2.24, 2.45) is 0 Å². The molecule has 0 fully saturated rings. The Bertz CT molecular complexity index is 309. The fourth-order valence-electron chi connectivity index (χ4n) is 1.36. The zero-order valence-corrected chi connectivity index (χ0v) is 8.83. The fraction of sp³-hybridized carbons (Fsp3) is 0.545. The highest BCUT2D eigenvalue weighted by atomic mass is 14.9. The molecule has 0 radical (unpaired) electrons. The van der Waals surface area contributed by atoms with Gasteiger partial charge in [0.15, 0.2) is 0 Å². The van der Waals surface area contributed by atoms with Gasteiger partial charge >= 0.3 is 0 Å². The van der Waals surface area contributed by atoms with E-state index in [1.165, 1.54) is 5.56 Å². The predicted octanol–water partition coefficient (Wildman–Crippen LogP) is 2.07. The first kappa shape index (κ1) is 10.8.